The van der Waals surface area contributed by atoms with E-state index in [1.165, 1.54) is 68.1 Å². The molecule has 0 radical (unpaired) electrons. The van der Waals surface area contributed by atoms with Gasteiger partial charge in [-0.2, -0.15) is 0 Å². The summed E-state index contributed by atoms with van der Waals surface area (Å²) in [6.45, 7) is 4.47. The van der Waals surface area contributed by atoms with Crippen molar-refractivity contribution in [3.05, 3.63) is 64.7 Å². The Kier molecular flexibility index (Phi) is 7.24. The number of hydrogen-bond acceptors (Lipinski definition) is 1. The third kappa shape index (κ3) is 4.04. The number of rotatable bonds is 10. The SMILES string of the molecule is CCCCP1(CCCC)(CCCC)OC(c2ccc(Cl)cc2)c2ccccc21. The average molecular weight is 419 g/mol. The molecule has 0 bridgehead atoms. The third-order valence-electron chi connectivity index (χ3n) is 6.48. The normalized spacial score (nSPS) is 21.0. The van der Waals surface area contributed by atoms with E-state index in [-0.39, 0.29) is 6.10 Å². The monoisotopic (exact) mass is 418 g/mol. The predicted octanol–water partition coefficient (Wildman–Crippen LogP) is 7.95. The summed E-state index contributed by atoms with van der Waals surface area (Å²) < 4.78 is 7.43. The number of benzene rings is 2. The molecule has 0 fully saturated rings. The van der Waals surface area contributed by atoms with Gasteiger partial charge in [0.1, 0.15) is 0 Å². The fourth-order valence-corrected chi connectivity index (χ4v) is 12.1. The van der Waals surface area contributed by atoms with Crippen molar-refractivity contribution in [1.29, 1.82) is 0 Å². The standard InChI is InChI=1S/C25H36ClOP/c1-4-7-18-28(19-8-5-2,20-9-6-3)24-13-11-10-12-23(24)25(27-28)21-14-16-22(26)17-15-21/h10-17,25H,4-9,18-20H2,1-3H3. The molecule has 0 aliphatic carbocycles. The Morgan fingerprint density at radius 1 is 0.786 bits per heavy atom. The molecule has 0 saturated heterocycles. The summed E-state index contributed by atoms with van der Waals surface area (Å²) in [5.74, 6) is 0. The summed E-state index contributed by atoms with van der Waals surface area (Å²) in [6, 6.07) is 17.4. The van der Waals surface area contributed by atoms with E-state index in [4.69, 9.17) is 16.1 Å². The summed E-state index contributed by atoms with van der Waals surface area (Å²) >= 11 is 6.17. The number of fused-ring (bicyclic) bond motifs is 1. The molecule has 0 saturated carbocycles. The first kappa shape index (κ1) is 21.8. The van der Waals surface area contributed by atoms with Gasteiger partial charge in [0.15, 0.2) is 0 Å². The maximum absolute atomic E-state index is 7.43. The van der Waals surface area contributed by atoms with Crippen molar-refractivity contribution in [2.24, 2.45) is 0 Å². The van der Waals surface area contributed by atoms with Crippen LogP contribution in [0.1, 0.15) is 76.5 Å². The van der Waals surface area contributed by atoms with Crippen LogP contribution in [0, 0.1) is 0 Å². The van der Waals surface area contributed by atoms with E-state index in [0.29, 0.717) is 0 Å². The van der Waals surface area contributed by atoms with Crippen LogP contribution >= 0.6 is 18.4 Å². The van der Waals surface area contributed by atoms with Crippen LogP contribution in [0.2, 0.25) is 5.02 Å². The molecule has 1 nitrogen and oxygen atoms in total. The van der Waals surface area contributed by atoms with Crippen LogP contribution in [-0.2, 0) is 4.52 Å². The Bertz CT molecular complexity index is 746. The molecular formula is C25H36ClOP. The topological polar surface area (TPSA) is 9.23 Å². The molecule has 3 rings (SSSR count). The minimum atomic E-state index is -2.46. The predicted molar refractivity (Wildman–Crippen MR) is 127 cm³/mol. The van der Waals surface area contributed by atoms with Crippen molar-refractivity contribution in [3.63, 3.8) is 0 Å². The van der Waals surface area contributed by atoms with E-state index in [9.17, 15) is 0 Å². The van der Waals surface area contributed by atoms with E-state index in [1.807, 2.05) is 12.1 Å². The average Bonchev–Trinajstić information content (AvgIpc) is 3.02. The molecule has 1 heterocycles. The molecular weight excluding hydrogens is 383 g/mol. The zero-order valence-corrected chi connectivity index (χ0v) is 19.4. The molecule has 28 heavy (non-hydrogen) atoms. The Morgan fingerprint density at radius 3 is 1.86 bits per heavy atom. The fourth-order valence-electron chi connectivity index (χ4n) is 4.92. The van der Waals surface area contributed by atoms with E-state index in [2.05, 4.69) is 57.2 Å². The molecule has 0 N–H and O–H groups in total. The van der Waals surface area contributed by atoms with Gasteiger partial charge < -0.3 is 0 Å². The molecule has 2 aromatic rings. The van der Waals surface area contributed by atoms with Gasteiger partial charge >= 0.3 is 177 Å². The molecule has 0 aromatic heterocycles. The van der Waals surface area contributed by atoms with Crippen LogP contribution in [0.15, 0.2) is 48.5 Å². The van der Waals surface area contributed by atoms with Crippen molar-refractivity contribution in [3.8, 4) is 0 Å². The van der Waals surface area contributed by atoms with Gasteiger partial charge in [0.25, 0.3) is 0 Å². The van der Waals surface area contributed by atoms with Crippen molar-refractivity contribution < 1.29 is 4.52 Å². The molecule has 1 atom stereocenters. The van der Waals surface area contributed by atoms with Crippen LogP contribution in [-0.4, -0.2) is 18.5 Å². The van der Waals surface area contributed by atoms with Gasteiger partial charge in [-0.25, -0.2) is 0 Å². The van der Waals surface area contributed by atoms with Gasteiger partial charge in [0, 0.05) is 0 Å². The first-order chi connectivity index (χ1) is 13.6. The first-order valence-electron chi connectivity index (χ1n) is 11.1. The van der Waals surface area contributed by atoms with Crippen LogP contribution in [0.3, 0.4) is 0 Å². The van der Waals surface area contributed by atoms with Crippen molar-refractivity contribution in [2.75, 3.05) is 18.5 Å². The Morgan fingerprint density at radius 2 is 1.32 bits per heavy atom. The van der Waals surface area contributed by atoms with Crippen molar-refractivity contribution >= 4 is 23.7 Å². The molecule has 3 heteroatoms. The molecule has 154 valence electrons. The Labute approximate surface area is 176 Å². The zero-order valence-electron chi connectivity index (χ0n) is 17.8. The maximum atomic E-state index is 7.43. The molecule has 0 amide bonds. The molecule has 1 aliphatic heterocycles. The second-order valence-corrected chi connectivity index (χ2v) is 14.2. The van der Waals surface area contributed by atoms with E-state index in [0.717, 1.165) is 5.02 Å². The number of unbranched alkanes of at least 4 members (excludes halogenated alkanes) is 3. The zero-order chi connectivity index (χ0) is 20.1. The van der Waals surface area contributed by atoms with Crippen molar-refractivity contribution in [1.82, 2.24) is 0 Å². The molecule has 1 unspecified atom stereocenters. The van der Waals surface area contributed by atoms with Crippen LogP contribution in [0.25, 0.3) is 0 Å². The van der Waals surface area contributed by atoms with Gasteiger partial charge in [0.05, 0.1) is 0 Å². The summed E-state index contributed by atoms with van der Waals surface area (Å²) in [4.78, 5) is 0. The first-order valence-corrected chi connectivity index (χ1v) is 14.2. The number of hydrogen-bond donors (Lipinski definition) is 0. The summed E-state index contributed by atoms with van der Waals surface area (Å²) in [5.41, 5.74) is 2.65. The van der Waals surface area contributed by atoms with Gasteiger partial charge in [0.2, 0.25) is 0 Å². The summed E-state index contributed by atoms with van der Waals surface area (Å²) in [6.07, 6.45) is 11.2. The van der Waals surface area contributed by atoms with E-state index in [1.54, 1.807) is 5.30 Å². The molecule has 2 aromatic carbocycles. The Hall–Kier alpha value is -0.880. The van der Waals surface area contributed by atoms with Gasteiger partial charge in [-0.15, -0.1) is 0 Å². The second kappa shape index (κ2) is 9.29. The summed E-state index contributed by atoms with van der Waals surface area (Å²) in [5, 5.41) is 2.36. The van der Waals surface area contributed by atoms with Gasteiger partial charge in [-0.1, -0.05) is 0 Å². The fraction of sp³-hybridized carbons (Fsp3) is 0.520. The van der Waals surface area contributed by atoms with Crippen molar-refractivity contribution in [2.45, 2.75) is 65.4 Å². The third-order valence-corrected chi connectivity index (χ3v) is 13.2. The van der Waals surface area contributed by atoms with Crippen LogP contribution in [0.5, 0.6) is 0 Å². The molecule has 0 spiro atoms. The van der Waals surface area contributed by atoms with Crippen LogP contribution < -0.4 is 5.30 Å². The van der Waals surface area contributed by atoms with Gasteiger partial charge in [-0.3, -0.25) is 0 Å². The van der Waals surface area contributed by atoms with E-state index >= 15 is 0 Å². The molecule has 1 aliphatic rings. The second-order valence-electron chi connectivity index (χ2n) is 8.45. The quantitative estimate of drug-likeness (QED) is 0.355. The van der Waals surface area contributed by atoms with Crippen LogP contribution in [0.4, 0.5) is 0 Å². The number of halogens is 1. The van der Waals surface area contributed by atoms with Gasteiger partial charge in [-0.05, 0) is 0 Å². The van der Waals surface area contributed by atoms with E-state index < -0.39 is 6.83 Å². The Balaban J connectivity index is 2.16. The minimum absolute atomic E-state index is 0.0525. The summed E-state index contributed by atoms with van der Waals surface area (Å²) in [7, 11) is 0.